The van der Waals surface area contributed by atoms with Crippen molar-refractivity contribution in [3.63, 3.8) is 0 Å². The Bertz CT molecular complexity index is 760. The van der Waals surface area contributed by atoms with Crippen molar-refractivity contribution in [2.75, 3.05) is 4.90 Å². The van der Waals surface area contributed by atoms with E-state index in [1.54, 1.807) is 18.2 Å². The fourth-order valence-corrected chi connectivity index (χ4v) is 2.93. The highest BCUT2D eigenvalue weighted by molar-refractivity contribution is 6.02. The molecule has 2 aromatic carbocycles. The number of hydrogen-bond acceptors (Lipinski definition) is 2. The summed E-state index contributed by atoms with van der Waals surface area (Å²) in [6.45, 7) is 1.54. The summed E-state index contributed by atoms with van der Waals surface area (Å²) < 4.78 is 13.6. The molecule has 4 nitrogen and oxygen atoms in total. The predicted octanol–water partition coefficient (Wildman–Crippen LogP) is 2.42. The van der Waals surface area contributed by atoms with Crippen molar-refractivity contribution in [3.8, 4) is 0 Å². The van der Waals surface area contributed by atoms with Gasteiger partial charge in [-0.3, -0.25) is 14.5 Å². The van der Waals surface area contributed by atoms with Crippen molar-refractivity contribution in [3.05, 3.63) is 65.5 Å². The van der Waals surface area contributed by atoms with Gasteiger partial charge in [-0.15, -0.1) is 0 Å². The molecule has 1 atom stereocenters. The second-order valence-electron chi connectivity index (χ2n) is 5.55. The second kappa shape index (κ2) is 6.20. The van der Waals surface area contributed by atoms with E-state index in [9.17, 15) is 14.0 Å². The van der Waals surface area contributed by atoms with E-state index in [2.05, 4.69) is 5.32 Å². The molecule has 0 spiro atoms. The van der Waals surface area contributed by atoms with Gasteiger partial charge in [0.1, 0.15) is 11.9 Å². The molecule has 1 aliphatic heterocycles. The van der Waals surface area contributed by atoms with Crippen LogP contribution in [0.15, 0.2) is 48.5 Å². The molecule has 0 radical (unpaired) electrons. The van der Waals surface area contributed by atoms with Crippen LogP contribution in [0.1, 0.15) is 18.1 Å². The van der Waals surface area contributed by atoms with Gasteiger partial charge < -0.3 is 5.32 Å². The van der Waals surface area contributed by atoms with Crippen LogP contribution in [0.2, 0.25) is 0 Å². The minimum atomic E-state index is -0.586. The molecule has 0 bridgehead atoms. The van der Waals surface area contributed by atoms with Crippen LogP contribution in [0.25, 0.3) is 0 Å². The van der Waals surface area contributed by atoms with Crippen LogP contribution in [0.3, 0.4) is 0 Å². The summed E-state index contributed by atoms with van der Waals surface area (Å²) in [5.41, 5.74) is 2.16. The molecule has 0 aliphatic carbocycles. The van der Waals surface area contributed by atoms with Gasteiger partial charge in [0, 0.05) is 31.1 Å². The lowest BCUT2D eigenvalue weighted by atomic mass is 10.1. The average Bonchev–Trinajstić information content (AvgIpc) is 2.93. The number of anilines is 1. The lowest BCUT2D eigenvalue weighted by molar-refractivity contribution is -0.125. The zero-order valence-corrected chi connectivity index (χ0v) is 12.8. The lowest BCUT2D eigenvalue weighted by Gasteiger charge is -2.23. The molecule has 2 amide bonds. The summed E-state index contributed by atoms with van der Waals surface area (Å²) in [4.78, 5) is 25.9. The smallest absolute Gasteiger partial charge is 0.243 e. The van der Waals surface area contributed by atoms with Crippen molar-refractivity contribution in [1.29, 1.82) is 0 Å². The molecule has 0 saturated carbocycles. The summed E-state index contributed by atoms with van der Waals surface area (Å²) in [5, 5.41) is 2.73. The summed E-state index contributed by atoms with van der Waals surface area (Å²) in [5.74, 6) is -0.813. The minimum Gasteiger partial charge on any atom is -0.350 e. The van der Waals surface area contributed by atoms with Gasteiger partial charge in [-0.1, -0.05) is 36.4 Å². The number of rotatable bonds is 3. The van der Waals surface area contributed by atoms with E-state index in [0.29, 0.717) is 12.0 Å². The third kappa shape index (κ3) is 2.95. The topological polar surface area (TPSA) is 49.4 Å². The summed E-state index contributed by atoms with van der Waals surface area (Å²) >= 11 is 0. The Morgan fingerprint density at radius 2 is 1.87 bits per heavy atom. The lowest BCUT2D eigenvalue weighted by Crippen LogP contribution is -2.47. The molecular weight excluding hydrogens is 295 g/mol. The first-order valence-electron chi connectivity index (χ1n) is 7.46. The Kier molecular flexibility index (Phi) is 4.10. The van der Waals surface area contributed by atoms with E-state index in [1.165, 1.54) is 17.9 Å². The molecule has 5 heteroatoms. The Hall–Kier alpha value is -2.69. The maximum Gasteiger partial charge on any atom is 0.243 e. The van der Waals surface area contributed by atoms with Crippen LogP contribution >= 0.6 is 0 Å². The molecular formula is C18H17FN2O2. The molecule has 1 N–H and O–H groups in total. The molecule has 2 aromatic rings. The highest BCUT2D eigenvalue weighted by atomic mass is 19.1. The van der Waals surface area contributed by atoms with E-state index in [0.717, 1.165) is 11.3 Å². The molecule has 3 rings (SSSR count). The quantitative estimate of drug-likeness (QED) is 0.946. The molecule has 0 fully saturated rings. The summed E-state index contributed by atoms with van der Waals surface area (Å²) in [6.07, 6.45) is 0.471. The number of nitrogens with zero attached hydrogens (tertiary/aromatic N) is 1. The van der Waals surface area contributed by atoms with Crippen LogP contribution in [-0.2, 0) is 22.6 Å². The van der Waals surface area contributed by atoms with Crippen molar-refractivity contribution < 1.29 is 14.0 Å². The van der Waals surface area contributed by atoms with Crippen molar-refractivity contribution >= 4 is 17.5 Å². The first-order chi connectivity index (χ1) is 11.1. The number of carbonyl (C=O) groups excluding carboxylic acids is 2. The molecule has 1 aliphatic rings. The van der Waals surface area contributed by atoms with Gasteiger partial charge in [0.2, 0.25) is 11.8 Å². The monoisotopic (exact) mass is 312 g/mol. The number of amides is 2. The fraction of sp³-hybridized carbons (Fsp3) is 0.222. The normalized spacial score (nSPS) is 16.1. The zero-order valence-electron chi connectivity index (χ0n) is 12.8. The van der Waals surface area contributed by atoms with Gasteiger partial charge >= 0.3 is 0 Å². The van der Waals surface area contributed by atoms with Gasteiger partial charge in [-0.05, 0) is 17.7 Å². The van der Waals surface area contributed by atoms with E-state index >= 15 is 0 Å². The van der Waals surface area contributed by atoms with Crippen LogP contribution in [0.4, 0.5) is 10.1 Å². The highest BCUT2D eigenvalue weighted by Gasteiger charge is 2.36. The Morgan fingerprint density at radius 1 is 1.17 bits per heavy atom. The van der Waals surface area contributed by atoms with Gasteiger partial charge in [-0.25, -0.2) is 4.39 Å². The Labute approximate surface area is 133 Å². The van der Waals surface area contributed by atoms with E-state index < -0.39 is 6.04 Å². The molecule has 0 saturated heterocycles. The molecule has 118 valence electrons. The van der Waals surface area contributed by atoms with Crippen molar-refractivity contribution in [1.82, 2.24) is 5.32 Å². The number of carbonyl (C=O) groups is 2. The standard InChI is InChI=1S/C18H17FN2O2/c1-12(22)21-16-9-5-3-6-13(16)10-17(21)18(23)20-11-14-7-2-4-8-15(14)19/h2-9,17H,10-11H2,1H3,(H,20,23)/t17-/m0/s1. The van der Waals surface area contributed by atoms with Crippen molar-refractivity contribution in [2.45, 2.75) is 25.9 Å². The first-order valence-corrected chi connectivity index (χ1v) is 7.46. The highest BCUT2D eigenvalue weighted by Crippen LogP contribution is 2.32. The number of para-hydroxylation sites is 1. The third-order valence-electron chi connectivity index (χ3n) is 4.03. The maximum atomic E-state index is 13.6. The maximum absolute atomic E-state index is 13.6. The fourth-order valence-electron chi connectivity index (χ4n) is 2.93. The molecule has 1 heterocycles. The van der Waals surface area contributed by atoms with Gasteiger partial charge in [0.25, 0.3) is 0 Å². The number of halogens is 1. The number of hydrogen-bond donors (Lipinski definition) is 1. The minimum absolute atomic E-state index is 0.101. The zero-order chi connectivity index (χ0) is 16.4. The van der Waals surface area contributed by atoms with Crippen molar-refractivity contribution in [2.24, 2.45) is 0 Å². The summed E-state index contributed by atoms with van der Waals surface area (Å²) in [7, 11) is 0. The first kappa shape index (κ1) is 15.2. The number of fused-ring (bicyclic) bond motifs is 1. The van der Waals surface area contributed by atoms with Crippen LogP contribution in [0, 0.1) is 5.82 Å². The SMILES string of the molecule is CC(=O)N1c2ccccc2C[C@H]1C(=O)NCc1ccccc1F. The number of benzene rings is 2. The molecule has 23 heavy (non-hydrogen) atoms. The average molecular weight is 312 g/mol. The Balaban J connectivity index is 1.75. The van der Waals surface area contributed by atoms with E-state index in [1.807, 2.05) is 24.3 Å². The third-order valence-corrected chi connectivity index (χ3v) is 4.03. The van der Waals surface area contributed by atoms with Gasteiger partial charge in [0.05, 0.1) is 0 Å². The van der Waals surface area contributed by atoms with Crippen LogP contribution < -0.4 is 10.2 Å². The van der Waals surface area contributed by atoms with E-state index in [4.69, 9.17) is 0 Å². The predicted molar refractivity (Wildman–Crippen MR) is 85.3 cm³/mol. The Morgan fingerprint density at radius 3 is 2.61 bits per heavy atom. The molecule has 0 unspecified atom stereocenters. The van der Waals surface area contributed by atoms with Gasteiger partial charge in [-0.2, -0.15) is 0 Å². The van der Waals surface area contributed by atoms with Crippen LogP contribution in [-0.4, -0.2) is 17.9 Å². The van der Waals surface area contributed by atoms with Crippen LogP contribution in [0.5, 0.6) is 0 Å². The van der Waals surface area contributed by atoms with E-state index in [-0.39, 0.29) is 24.2 Å². The molecule has 0 aromatic heterocycles. The van der Waals surface area contributed by atoms with Gasteiger partial charge in [0.15, 0.2) is 0 Å². The second-order valence-corrected chi connectivity index (χ2v) is 5.55. The largest absolute Gasteiger partial charge is 0.350 e. The number of nitrogens with one attached hydrogen (secondary N) is 1. The summed E-state index contributed by atoms with van der Waals surface area (Å²) in [6, 6.07) is 13.2.